The van der Waals surface area contributed by atoms with Crippen LogP contribution < -0.4 is 10.6 Å². The van der Waals surface area contributed by atoms with Crippen molar-refractivity contribution < 1.29 is 9.32 Å². The highest BCUT2D eigenvalue weighted by Crippen LogP contribution is 2.11. The standard InChI is InChI=1S/C17H30N6O2.HI/c1-5-15(24)23-10-8-13(11-23)20-17(18-4)19-9-6-7-14-21-16(12(2)3)22-25-14;/h12-13H,5-11H2,1-4H3,(H2,18,19,20);1H. The van der Waals surface area contributed by atoms with Crippen LogP contribution in [0.2, 0.25) is 0 Å². The third kappa shape index (κ3) is 6.73. The first-order valence-electron chi connectivity index (χ1n) is 9.10. The molecular formula is C17H31IN6O2. The zero-order chi connectivity index (χ0) is 18.2. The predicted octanol–water partition coefficient (Wildman–Crippen LogP) is 1.92. The van der Waals surface area contributed by atoms with E-state index in [1.54, 1.807) is 7.05 Å². The number of carbonyl (C=O) groups excluding carboxylic acids is 1. The van der Waals surface area contributed by atoms with Crippen molar-refractivity contribution in [2.24, 2.45) is 4.99 Å². The number of aryl methyl sites for hydroxylation is 1. The van der Waals surface area contributed by atoms with Crippen molar-refractivity contribution in [3.8, 4) is 0 Å². The van der Waals surface area contributed by atoms with Gasteiger partial charge in [-0.05, 0) is 12.8 Å². The number of rotatable bonds is 7. The van der Waals surface area contributed by atoms with E-state index in [4.69, 9.17) is 4.52 Å². The number of guanidine groups is 1. The van der Waals surface area contributed by atoms with Crippen molar-refractivity contribution in [3.63, 3.8) is 0 Å². The van der Waals surface area contributed by atoms with E-state index in [0.29, 0.717) is 12.3 Å². The fourth-order valence-electron chi connectivity index (χ4n) is 2.77. The molecule has 1 unspecified atom stereocenters. The van der Waals surface area contributed by atoms with Gasteiger partial charge < -0.3 is 20.1 Å². The molecule has 1 aromatic rings. The second kappa shape index (κ2) is 11.3. The van der Waals surface area contributed by atoms with Crippen LogP contribution in [0.3, 0.4) is 0 Å². The number of carbonyl (C=O) groups is 1. The topological polar surface area (TPSA) is 95.7 Å². The minimum atomic E-state index is 0. The average Bonchev–Trinajstić information content (AvgIpc) is 3.26. The van der Waals surface area contributed by atoms with Crippen molar-refractivity contribution >= 4 is 35.8 Å². The number of aliphatic imine (C=N–C) groups is 1. The Bertz CT molecular complexity index is 590. The summed E-state index contributed by atoms with van der Waals surface area (Å²) >= 11 is 0. The minimum absolute atomic E-state index is 0. The van der Waals surface area contributed by atoms with Crippen LogP contribution >= 0.6 is 24.0 Å². The third-order valence-corrected chi connectivity index (χ3v) is 4.27. The maximum absolute atomic E-state index is 11.7. The van der Waals surface area contributed by atoms with Gasteiger partial charge in [0.1, 0.15) is 0 Å². The maximum Gasteiger partial charge on any atom is 0.226 e. The number of amides is 1. The van der Waals surface area contributed by atoms with Crippen LogP contribution in [0.25, 0.3) is 0 Å². The SMILES string of the molecule is CCC(=O)N1CCC(NC(=NC)NCCCc2nc(C(C)C)no2)C1.I. The molecule has 1 saturated heterocycles. The van der Waals surface area contributed by atoms with E-state index in [1.165, 1.54) is 0 Å². The number of nitrogens with one attached hydrogen (secondary N) is 2. The average molecular weight is 478 g/mol. The lowest BCUT2D eigenvalue weighted by molar-refractivity contribution is -0.129. The van der Waals surface area contributed by atoms with Crippen LogP contribution in [0.5, 0.6) is 0 Å². The van der Waals surface area contributed by atoms with E-state index in [9.17, 15) is 4.79 Å². The lowest BCUT2D eigenvalue weighted by Gasteiger charge is -2.18. The van der Waals surface area contributed by atoms with E-state index in [0.717, 1.165) is 50.7 Å². The Balaban J connectivity index is 0.00000338. The summed E-state index contributed by atoms with van der Waals surface area (Å²) in [5.74, 6) is 2.70. The highest BCUT2D eigenvalue weighted by Gasteiger charge is 2.25. The van der Waals surface area contributed by atoms with E-state index in [1.807, 2.05) is 25.7 Å². The van der Waals surface area contributed by atoms with Crippen molar-refractivity contribution in [3.05, 3.63) is 11.7 Å². The third-order valence-electron chi connectivity index (χ3n) is 4.27. The minimum Gasteiger partial charge on any atom is -0.356 e. The molecule has 0 aromatic carbocycles. The van der Waals surface area contributed by atoms with Crippen LogP contribution in [0.4, 0.5) is 0 Å². The molecule has 9 heteroatoms. The maximum atomic E-state index is 11.7. The number of nitrogens with zero attached hydrogens (tertiary/aromatic N) is 4. The Morgan fingerprint density at radius 2 is 2.23 bits per heavy atom. The molecule has 0 saturated carbocycles. The molecule has 2 heterocycles. The fraction of sp³-hybridized carbons (Fsp3) is 0.765. The van der Waals surface area contributed by atoms with Gasteiger partial charge >= 0.3 is 0 Å². The number of halogens is 1. The van der Waals surface area contributed by atoms with Crippen LogP contribution in [-0.2, 0) is 11.2 Å². The predicted molar refractivity (Wildman–Crippen MR) is 112 cm³/mol. The monoisotopic (exact) mass is 478 g/mol. The Labute approximate surface area is 172 Å². The van der Waals surface area contributed by atoms with Gasteiger partial charge in [0, 0.05) is 51.5 Å². The van der Waals surface area contributed by atoms with Gasteiger partial charge in [-0.2, -0.15) is 4.98 Å². The second-order valence-corrected chi connectivity index (χ2v) is 6.63. The number of hydrogen-bond donors (Lipinski definition) is 2. The Morgan fingerprint density at radius 1 is 1.46 bits per heavy atom. The largest absolute Gasteiger partial charge is 0.356 e. The molecule has 1 amide bonds. The van der Waals surface area contributed by atoms with Gasteiger partial charge in [-0.25, -0.2) is 0 Å². The molecule has 1 aliphatic rings. The normalized spacial score (nSPS) is 17.3. The summed E-state index contributed by atoms with van der Waals surface area (Å²) in [6.07, 6.45) is 3.14. The van der Waals surface area contributed by atoms with Crippen LogP contribution in [-0.4, -0.2) is 59.6 Å². The van der Waals surface area contributed by atoms with Crippen LogP contribution in [0.15, 0.2) is 9.52 Å². The molecule has 8 nitrogen and oxygen atoms in total. The quantitative estimate of drug-likeness (QED) is 0.269. The summed E-state index contributed by atoms with van der Waals surface area (Å²) in [6, 6.07) is 0.256. The molecule has 0 radical (unpaired) electrons. The summed E-state index contributed by atoms with van der Waals surface area (Å²) in [4.78, 5) is 22.3. The Kier molecular flexibility index (Phi) is 9.89. The number of hydrogen-bond acceptors (Lipinski definition) is 5. The van der Waals surface area contributed by atoms with Gasteiger partial charge in [-0.1, -0.05) is 25.9 Å². The Hall–Kier alpha value is -1.39. The summed E-state index contributed by atoms with van der Waals surface area (Å²) in [7, 11) is 1.76. The molecule has 2 N–H and O–H groups in total. The van der Waals surface area contributed by atoms with Gasteiger partial charge in [0.05, 0.1) is 0 Å². The second-order valence-electron chi connectivity index (χ2n) is 6.63. The molecule has 1 aromatic heterocycles. The summed E-state index contributed by atoms with van der Waals surface area (Å²) in [5.41, 5.74) is 0. The zero-order valence-corrected chi connectivity index (χ0v) is 18.4. The van der Waals surface area contributed by atoms with Crippen LogP contribution in [0, 0.1) is 0 Å². The number of aromatic nitrogens is 2. The first-order valence-corrected chi connectivity index (χ1v) is 9.10. The van der Waals surface area contributed by atoms with Crippen molar-refractivity contribution in [2.45, 2.75) is 58.4 Å². The Morgan fingerprint density at radius 3 is 2.85 bits per heavy atom. The molecular weight excluding hydrogens is 447 g/mol. The van der Waals surface area contributed by atoms with E-state index >= 15 is 0 Å². The van der Waals surface area contributed by atoms with Crippen molar-refractivity contribution in [1.82, 2.24) is 25.7 Å². The molecule has 0 spiro atoms. The molecule has 0 bridgehead atoms. The first kappa shape index (κ1) is 22.7. The first-order chi connectivity index (χ1) is 12.0. The zero-order valence-electron chi connectivity index (χ0n) is 16.1. The van der Waals surface area contributed by atoms with Gasteiger partial charge in [-0.3, -0.25) is 9.79 Å². The highest BCUT2D eigenvalue weighted by molar-refractivity contribution is 14.0. The summed E-state index contributed by atoms with van der Waals surface area (Å²) in [5, 5.41) is 10.7. The highest BCUT2D eigenvalue weighted by atomic mass is 127. The molecule has 1 aliphatic heterocycles. The number of likely N-dealkylation sites (tertiary alicyclic amines) is 1. The lowest BCUT2D eigenvalue weighted by atomic mass is 10.2. The molecule has 1 atom stereocenters. The van der Waals surface area contributed by atoms with Gasteiger partial charge in [0.15, 0.2) is 11.8 Å². The molecule has 148 valence electrons. The van der Waals surface area contributed by atoms with E-state index in [2.05, 4.69) is 25.8 Å². The van der Waals surface area contributed by atoms with Gasteiger partial charge in [0.2, 0.25) is 11.8 Å². The molecule has 0 aliphatic carbocycles. The van der Waals surface area contributed by atoms with Crippen molar-refractivity contribution in [1.29, 1.82) is 0 Å². The van der Waals surface area contributed by atoms with E-state index < -0.39 is 0 Å². The smallest absolute Gasteiger partial charge is 0.226 e. The lowest BCUT2D eigenvalue weighted by Crippen LogP contribution is -2.45. The van der Waals surface area contributed by atoms with Crippen molar-refractivity contribution in [2.75, 3.05) is 26.7 Å². The fourth-order valence-corrected chi connectivity index (χ4v) is 2.77. The molecule has 26 heavy (non-hydrogen) atoms. The molecule has 2 rings (SSSR count). The molecule has 1 fully saturated rings. The summed E-state index contributed by atoms with van der Waals surface area (Å²) < 4.78 is 5.24. The summed E-state index contributed by atoms with van der Waals surface area (Å²) in [6.45, 7) is 8.32. The van der Waals surface area contributed by atoms with Gasteiger partial charge in [0.25, 0.3) is 0 Å². The van der Waals surface area contributed by atoms with Gasteiger partial charge in [-0.15, -0.1) is 24.0 Å². The van der Waals surface area contributed by atoms with E-state index in [-0.39, 0.29) is 41.8 Å². The van der Waals surface area contributed by atoms with Crippen LogP contribution in [0.1, 0.15) is 57.7 Å².